The van der Waals surface area contributed by atoms with Crippen molar-refractivity contribution >= 4 is 18.0 Å². The lowest BCUT2D eigenvalue weighted by molar-refractivity contribution is -0.386. The minimum absolute atomic E-state index is 0.0141. The fourth-order valence-corrected chi connectivity index (χ4v) is 1.16. The molecular weight excluding hydrogens is 214 g/mol. The predicted octanol–water partition coefficient (Wildman–Crippen LogP) is 1.52. The minimum Gasteiger partial charge on any atom is -0.500 e. The summed E-state index contributed by atoms with van der Waals surface area (Å²) >= 11 is 0. The SMILES string of the molecule is COc1cc(/C=C/C=O)cc([N+](=O)[O-])c1O. The van der Waals surface area contributed by atoms with E-state index in [0.717, 1.165) is 6.07 Å². The third-order valence-corrected chi connectivity index (χ3v) is 1.86. The Hall–Kier alpha value is -2.37. The molecule has 16 heavy (non-hydrogen) atoms. The summed E-state index contributed by atoms with van der Waals surface area (Å²) < 4.78 is 4.78. The molecule has 0 aliphatic rings. The molecule has 6 heteroatoms. The summed E-state index contributed by atoms with van der Waals surface area (Å²) in [5.41, 5.74) is -0.0710. The van der Waals surface area contributed by atoms with E-state index in [0.29, 0.717) is 11.8 Å². The quantitative estimate of drug-likeness (QED) is 0.361. The number of nitro groups is 1. The lowest BCUT2D eigenvalue weighted by Crippen LogP contribution is -1.93. The Bertz CT molecular complexity index is 453. The number of rotatable bonds is 4. The first-order valence-corrected chi connectivity index (χ1v) is 4.27. The van der Waals surface area contributed by atoms with Crippen LogP contribution in [-0.4, -0.2) is 23.4 Å². The first-order valence-electron chi connectivity index (χ1n) is 4.27. The summed E-state index contributed by atoms with van der Waals surface area (Å²) in [5.74, 6) is -0.546. The summed E-state index contributed by atoms with van der Waals surface area (Å²) in [7, 11) is 1.28. The van der Waals surface area contributed by atoms with Gasteiger partial charge in [-0.1, -0.05) is 6.08 Å². The van der Waals surface area contributed by atoms with E-state index in [9.17, 15) is 20.0 Å². The van der Waals surface area contributed by atoms with E-state index in [1.54, 1.807) is 0 Å². The molecule has 0 saturated carbocycles. The van der Waals surface area contributed by atoms with E-state index < -0.39 is 16.4 Å². The maximum Gasteiger partial charge on any atom is 0.315 e. The minimum atomic E-state index is -0.726. The summed E-state index contributed by atoms with van der Waals surface area (Å²) in [6.45, 7) is 0. The van der Waals surface area contributed by atoms with Gasteiger partial charge in [-0.3, -0.25) is 14.9 Å². The average Bonchev–Trinajstić information content (AvgIpc) is 2.27. The standard InChI is InChI=1S/C10H9NO5/c1-16-9-6-7(3-2-4-12)5-8(10(9)13)11(14)15/h2-6,13H,1H3/b3-2+. The smallest absolute Gasteiger partial charge is 0.315 e. The van der Waals surface area contributed by atoms with Gasteiger partial charge >= 0.3 is 5.69 Å². The predicted molar refractivity (Wildman–Crippen MR) is 56.4 cm³/mol. The number of hydrogen-bond acceptors (Lipinski definition) is 5. The van der Waals surface area contributed by atoms with Gasteiger partial charge in [0.15, 0.2) is 5.75 Å². The molecule has 84 valence electrons. The van der Waals surface area contributed by atoms with Crippen LogP contribution in [0.1, 0.15) is 5.56 Å². The van der Waals surface area contributed by atoms with E-state index in [1.807, 2.05) is 0 Å². The van der Waals surface area contributed by atoms with Crippen LogP contribution >= 0.6 is 0 Å². The van der Waals surface area contributed by atoms with Crippen molar-refractivity contribution in [3.8, 4) is 11.5 Å². The van der Waals surface area contributed by atoms with E-state index in [4.69, 9.17) is 4.74 Å². The van der Waals surface area contributed by atoms with Crippen molar-refractivity contribution in [3.05, 3.63) is 33.9 Å². The highest BCUT2D eigenvalue weighted by Gasteiger charge is 2.18. The normalized spacial score (nSPS) is 10.3. The highest BCUT2D eigenvalue weighted by Crippen LogP contribution is 2.37. The Morgan fingerprint density at radius 1 is 1.50 bits per heavy atom. The average molecular weight is 223 g/mol. The lowest BCUT2D eigenvalue weighted by Gasteiger charge is -2.04. The molecule has 0 aliphatic carbocycles. The third kappa shape index (κ3) is 2.35. The highest BCUT2D eigenvalue weighted by molar-refractivity contribution is 5.75. The molecule has 0 unspecified atom stereocenters. The second kappa shape index (κ2) is 4.92. The summed E-state index contributed by atoms with van der Waals surface area (Å²) in [4.78, 5) is 20.0. The van der Waals surface area contributed by atoms with Crippen LogP contribution in [0.3, 0.4) is 0 Å². The summed E-state index contributed by atoms with van der Waals surface area (Å²) in [6.07, 6.45) is 3.11. The van der Waals surface area contributed by atoms with Crippen molar-refractivity contribution in [1.82, 2.24) is 0 Å². The molecule has 0 radical (unpaired) electrons. The Labute approximate surface area is 90.9 Å². The zero-order chi connectivity index (χ0) is 12.1. The number of carbonyl (C=O) groups is 1. The first kappa shape index (κ1) is 11.7. The molecule has 0 atom stereocenters. The van der Waals surface area contributed by atoms with Gasteiger partial charge in [-0.25, -0.2) is 0 Å². The van der Waals surface area contributed by atoms with E-state index >= 15 is 0 Å². The summed E-state index contributed by atoms with van der Waals surface area (Å²) in [6, 6.07) is 2.54. The molecule has 0 amide bonds. The van der Waals surface area contributed by atoms with Crippen molar-refractivity contribution in [2.45, 2.75) is 0 Å². The van der Waals surface area contributed by atoms with Crippen molar-refractivity contribution < 1.29 is 19.6 Å². The number of hydrogen-bond donors (Lipinski definition) is 1. The molecule has 0 heterocycles. The van der Waals surface area contributed by atoms with Gasteiger partial charge in [-0.2, -0.15) is 0 Å². The monoisotopic (exact) mass is 223 g/mol. The molecule has 0 spiro atoms. The van der Waals surface area contributed by atoms with Gasteiger partial charge in [0.1, 0.15) is 6.29 Å². The molecule has 6 nitrogen and oxygen atoms in total. The van der Waals surface area contributed by atoms with Crippen LogP contribution in [0, 0.1) is 10.1 Å². The number of phenols is 1. The zero-order valence-electron chi connectivity index (χ0n) is 8.41. The molecule has 1 N–H and O–H groups in total. The van der Waals surface area contributed by atoms with Gasteiger partial charge in [0, 0.05) is 6.07 Å². The highest BCUT2D eigenvalue weighted by atomic mass is 16.6. The van der Waals surface area contributed by atoms with Gasteiger partial charge < -0.3 is 9.84 Å². The van der Waals surface area contributed by atoms with Crippen LogP contribution in [0.25, 0.3) is 6.08 Å². The van der Waals surface area contributed by atoms with Gasteiger partial charge in [0.25, 0.3) is 0 Å². The van der Waals surface area contributed by atoms with Crippen LogP contribution in [-0.2, 0) is 4.79 Å². The van der Waals surface area contributed by atoms with E-state index in [2.05, 4.69) is 0 Å². The maximum absolute atomic E-state index is 10.6. The van der Waals surface area contributed by atoms with Crippen LogP contribution < -0.4 is 4.74 Å². The van der Waals surface area contributed by atoms with Gasteiger partial charge in [-0.15, -0.1) is 0 Å². The molecule has 0 saturated heterocycles. The van der Waals surface area contributed by atoms with Crippen LogP contribution in [0.5, 0.6) is 11.5 Å². The fourth-order valence-electron chi connectivity index (χ4n) is 1.16. The Kier molecular flexibility index (Phi) is 3.60. The Morgan fingerprint density at radius 2 is 2.19 bits per heavy atom. The molecule has 0 fully saturated rings. The molecule has 0 aromatic heterocycles. The number of aromatic hydroxyl groups is 1. The number of aldehydes is 1. The van der Waals surface area contributed by atoms with Crippen LogP contribution in [0.4, 0.5) is 5.69 Å². The topological polar surface area (TPSA) is 89.7 Å². The van der Waals surface area contributed by atoms with Gasteiger partial charge in [0.2, 0.25) is 5.75 Å². The zero-order valence-corrected chi connectivity index (χ0v) is 8.41. The number of nitro benzene ring substituents is 1. The van der Waals surface area contributed by atoms with E-state index in [-0.39, 0.29) is 5.75 Å². The van der Waals surface area contributed by atoms with Gasteiger partial charge in [-0.05, 0) is 17.7 Å². The van der Waals surface area contributed by atoms with Crippen molar-refractivity contribution in [2.75, 3.05) is 7.11 Å². The molecule has 1 aromatic carbocycles. The second-order valence-corrected chi connectivity index (χ2v) is 2.84. The number of nitrogens with zero attached hydrogens (tertiary/aromatic N) is 1. The maximum atomic E-state index is 10.6. The molecule has 1 aromatic rings. The largest absolute Gasteiger partial charge is 0.500 e. The van der Waals surface area contributed by atoms with Crippen molar-refractivity contribution in [2.24, 2.45) is 0 Å². The second-order valence-electron chi connectivity index (χ2n) is 2.84. The number of phenolic OH excluding ortho intramolecular Hbond substituents is 1. The summed E-state index contributed by atoms with van der Waals surface area (Å²) in [5, 5.41) is 20.1. The Morgan fingerprint density at radius 3 is 2.69 bits per heavy atom. The number of benzene rings is 1. The number of methoxy groups -OCH3 is 1. The van der Waals surface area contributed by atoms with E-state index in [1.165, 1.54) is 25.3 Å². The van der Waals surface area contributed by atoms with Crippen LogP contribution in [0.2, 0.25) is 0 Å². The molecular formula is C10H9NO5. The molecule has 0 bridgehead atoms. The number of allylic oxidation sites excluding steroid dienone is 1. The van der Waals surface area contributed by atoms with Crippen LogP contribution in [0.15, 0.2) is 18.2 Å². The van der Waals surface area contributed by atoms with Gasteiger partial charge in [0.05, 0.1) is 12.0 Å². The number of carbonyl (C=O) groups excluding carboxylic acids is 1. The Balaban J connectivity index is 3.33. The first-order chi connectivity index (χ1) is 7.60. The molecule has 0 aliphatic heterocycles. The number of ether oxygens (including phenoxy) is 1. The fraction of sp³-hybridized carbons (Fsp3) is 0.100. The molecule has 1 rings (SSSR count). The van der Waals surface area contributed by atoms with Crippen molar-refractivity contribution in [3.63, 3.8) is 0 Å². The third-order valence-electron chi connectivity index (χ3n) is 1.86. The van der Waals surface area contributed by atoms with Crippen molar-refractivity contribution in [1.29, 1.82) is 0 Å². The lowest BCUT2D eigenvalue weighted by atomic mass is 10.1.